The van der Waals surface area contributed by atoms with Crippen LogP contribution < -0.4 is 4.90 Å². The first-order chi connectivity index (χ1) is 25.3. The second-order valence-electron chi connectivity index (χ2n) is 12.6. The fourth-order valence-electron chi connectivity index (χ4n) is 6.76. The Balaban J connectivity index is 1.11. The average Bonchev–Trinajstić information content (AvgIpc) is 3.20. The Morgan fingerprint density at radius 3 is 1.08 bits per heavy atom. The molecule has 3 heteroatoms. The van der Waals surface area contributed by atoms with E-state index >= 15 is 0 Å². The van der Waals surface area contributed by atoms with Gasteiger partial charge in [-0.3, -0.25) is 0 Å². The zero-order valence-corrected chi connectivity index (χ0v) is 29.4. The summed E-state index contributed by atoms with van der Waals surface area (Å²) in [4.78, 5) is 2.34. The van der Waals surface area contributed by atoms with E-state index < -0.39 is 0 Å². The summed E-state index contributed by atoms with van der Waals surface area (Å²) in [5, 5.41) is 2.59. The second kappa shape index (κ2) is 13.7. The van der Waals surface area contributed by atoms with Gasteiger partial charge in [0.25, 0.3) is 0 Å². The molecule has 0 spiro atoms. The average molecular weight is 688 g/mol. The normalized spacial score (nSPS) is 11.1. The van der Waals surface area contributed by atoms with Crippen molar-refractivity contribution in [3.8, 4) is 33.4 Å². The van der Waals surface area contributed by atoms with Crippen molar-refractivity contribution in [3.63, 3.8) is 0 Å². The van der Waals surface area contributed by atoms with Gasteiger partial charge < -0.3 is 4.90 Å². The van der Waals surface area contributed by atoms with E-state index in [1.165, 1.54) is 63.0 Å². The van der Waals surface area contributed by atoms with Crippen molar-refractivity contribution in [2.24, 2.45) is 0 Å². The molecule has 0 fully saturated rings. The van der Waals surface area contributed by atoms with Crippen molar-refractivity contribution in [2.75, 3.05) is 4.90 Å². The highest BCUT2D eigenvalue weighted by molar-refractivity contribution is 7.31. The molecule has 1 heterocycles. The Bertz CT molecular complexity index is 2570. The summed E-state index contributed by atoms with van der Waals surface area (Å²) in [5.41, 5.74) is 10.6. The van der Waals surface area contributed by atoms with Crippen molar-refractivity contribution in [2.45, 2.75) is 0 Å². The lowest BCUT2D eigenvalue weighted by atomic mass is 10.0. The van der Waals surface area contributed by atoms with Crippen LogP contribution in [0.15, 0.2) is 200 Å². The van der Waals surface area contributed by atoms with Gasteiger partial charge >= 0.3 is 0 Å². The number of nitrogens with zero attached hydrogens (tertiary/aromatic N) is 1. The van der Waals surface area contributed by atoms with Crippen molar-refractivity contribution in [1.29, 1.82) is 0 Å². The Morgan fingerprint density at radius 1 is 0.255 bits per heavy atom. The van der Waals surface area contributed by atoms with Gasteiger partial charge in [0.1, 0.15) is 0 Å². The molecule has 0 aliphatic rings. The lowest BCUT2D eigenvalue weighted by Crippen LogP contribution is -2.09. The van der Waals surface area contributed by atoms with Gasteiger partial charge in [-0.05, 0) is 94.0 Å². The Morgan fingerprint density at radius 2 is 0.608 bits per heavy atom. The van der Waals surface area contributed by atoms with Crippen LogP contribution in [0.1, 0.15) is 0 Å². The first kappa shape index (κ1) is 31.0. The summed E-state index contributed by atoms with van der Waals surface area (Å²) >= 11 is 3.72. The molecule has 0 amide bonds. The Hall–Kier alpha value is -6.00. The predicted molar refractivity (Wildman–Crippen MR) is 223 cm³/mol. The van der Waals surface area contributed by atoms with Crippen LogP contribution in [0, 0.1) is 0 Å². The number of hydrogen-bond acceptors (Lipinski definition) is 3. The largest absolute Gasteiger partial charge is 0.311 e. The first-order valence-electron chi connectivity index (χ1n) is 17.2. The van der Waals surface area contributed by atoms with E-state index in [-0.39, 0.29) is 0 Å². The molecule has 0 radical (unpaired) electrons. The molecular formula is C48H33NS2. The molecule has 51 heavy (non-hydrogen) atoms. The molecule has 0 aliphatic carbocycles. The molecule has 1 nitrogen and oxygen atoms in total. The molecule has 9 aromatic rings. The summed E-state index contributed by atoms with van der Waals surface area (Å²) in [6.45, 7) is 0. The lowest BCUT2D eigenvalue weighted by Gasteiger charge is -2.26. The molecule has 0 unspecified atom stereocenters. The molecule has 0 bridgehead atoms. The van der Waals surface area contributed by atoms with E-state index in [9.17, 15) is 0 Å². The van der Waals surface area contributed by atoms with Crippen molar-refractivity contribution < 1.29 is 0 Å². The molecule has 1 aromatic heterocycles. The highest BCUT2D eigenvalue weighted by Crippen LogP contribution is 2.39. The minimum Gasteiger partial charge on any atom is -0.311 e. The van der Waals surface area contributed by atoms with E-state index in [4.69, 9.17) is 0 Å². The van der Waals surface area contributed by atoms with Gasteiger partial charge in [-0.15, -0.1) is 22.7 Å². The highest BCUT2D eigenvalue weighted by atomic mass is 32.1. The van der Waals surface area contributed by atoms with Crippen molar-refractivity contribution in [3.05, 3.63) is 200 Å². The third-order valence-corrected chi connectivity index (χ3v) is 11.8. The van der Waals surface area contributed by atoms with Gasteiger partial charge in [0.05, 0.1) is 0 Å². The summed E-state index contributed by atoms with van der Waals surface area (Å²) in [5.74, 6) is 0. The van der Waals surface area contributed by atoms with E-state index in [1.54, 1.807) is 0 Å². The lowest BCUT2D eigenvalue weighted by molar-refractivity contribution is 1.28. The van der Waals surface area contributed by atoms with Crippen LogP contribution in [0.4, 0.5) is 17.1 Å². The number of fused-ring (bicyclic) bond motifs is 4. The smallest absolute Gasteiger partial charge is 0.0462 e. The Kier molecular flexibility index (Phi) is 8.34. The van der Waals surface area contributed by atoms with Crippen LogP contribution in [-0.4, -0.2) is 0 Å². The minimum absolute atomic E-state index is 1.11. The first-order valence-corrected chi connectivity index (χ1v) is 18.8. The SMILES string of the molecule is c1ccc(-c2ccc(N(c3ccc(-c4ccccc4)cc3)c3ccc(-c4ccc5sc6ccccc6c6ccccc6sc5c4)cc3)cc2)cc1. The van der Waals surface area contributed by atoms with E-state index in [2.05, 4.69) is 205 Å². The van der Waals surface area contributed by atoms with E-state index in [1.807, 2.05) is 22.7 Å². The maximum absolute atomic E-state index is 2.36. The van der Waals surface area contributed by atoms with Crippen LogP contribution in [0.3, 0.4) is 0 Å². The van der Waals surface area contributed by atoms with Crippen LogP contribution in [0.2, 0.25) is 0 Å². The van der Waals surface area contributed by atoms with Crippen LogP contribution in [0.5, 0.6) is 0 Å². The summed E-state index contributed by atoms with van der Waals surface area (Å²) in [6, 6.07) is 72.3. The third-order valence-electron chi connectivity index (χ3n) is 9.37. The number of anilines is 3. The van der Waals surface area contributed by atoms with Gasteiger partial charge in [0, 0.05) is 46.6 Å². The fourth-order valence-corrected chi connectivity index (χ4v) is 9.01. The summed E-state index contributed by atoms with van der Waals surface area (Å²) < 4.78 is 5.14. The number of benzene rings is 8. The van der Waals surface area contributed by atoms with Gasteiger partial charge in [-0.2, -0.15) is 0 Å². The fraction of sp³-hybridized carbons (Fsp3) is 0. The molecule has 0 aliphatic heterocycles. The number of hydrogen-bond donors (Lipinski definition) is 0. The van der Waals surface area contributed by atoms with Crippen LogP contribution >= 0.6 is 22.7 Å². The van der Waals surface area contributed by atoms with Crippen LogP contribution in [-0.2, 0) is 0 Å². The second-order valence-corrected chi connectivity index (χ2v) is 14.7. The van der Waals surface area contributed by atoms with Gasteiger partial charge in [-0.25, -0.2) is 0 Å². The van der Waals surface area contributed by atoms with E-state index in [0.717, 1.165) is 17.1 Å². The highest BCUT2D eigenvalue weighted by Gasteiger charge is 2.14. The summed E-state index contributed by atoms with van der Waals surface area (Å²) in [6.07, 6.45) is 0. The third kappa shape index (κ3) is 6.30. The maximum Gasteiger partial charge on any atom is 0.0462 e. The van der Waals surface area contributed by atoms with Crippen molar-refractivity contribution >= 4 is 69.3 Å². The zero-order valence-electron chi connectivity index (χ0n) is 27.8. The quantitative estimate of drug-likeness (QED) is 0.168. The molecule has 242 valence electrons. The summed E-state index contributed by atoms with van der Waals surface area (Å²) in [7, 11) is 0. The van der Waals surface area contributed by atoms with E-state index in [0.29, 0.717) is 0 Å². The molecular weight excluding hydrogens is 655 g/mol. The number of rotatable bonds is 6. The Labute approximate surface area is 306 Å². The zero-order chi connectivity index (χ0) is 34.0. The molecule has 0 N–H and O–H groups in total. The minimum atomic E-state index is 1.11. The molecule has 0 saturated carbocycles. The standard InChI is InChI=1S/C48H33NS2/c1-3-11-34(12-4-1)36-19-26-40(27-20-36)49(41-28-21-37(22-29-41)35-13-5-2-6-14-35)42-30-23-38(24-31-42)39-25-32-47-48(33-39)51-46-18-10-8-16-44(46)43-15-7-9-17-45(43)50-47/h1-33H. The van der Waals surface area contributed by atoms with Gasteiger partial charge in [0.15, 0.2) is 0 Å². The predicted octanol–water partition coefficient (Wildman–Crippen LogP) is 14.9. The molecule has 0 saturated heterocycles. The van der Waals surface area contributed by atoms with Crippen molar-refractivity contribution in [1.82, 2.24) is 0 Å². The van der Waals surface area contributed by atoms with Gasteiger partial charge in [-0.1, -0.05) is 140 Å². The van der Waals surface area contributed by atoms with Crippen LogP contribution in [0.25, 0.3) is 63.0 Å². The van der Waals surface area contributed by atoms with Gasteiger partial charge in [0.2, 0.25) is 0 Å². The topological polar surface area (TPSA) is 3.24 Å². The molecule has 0 atom stereocenters. The monoisotopic (exact) mass is 687 g/mol. The molecule has 8 aromatic carbocycles. The maximum atomic E-state index is 2.36. The molecule has 9 rings (SSSR count).